The number of amides is 1. The summed E-state index contributed by atoms with van der Waals surface area (Å²) in [5.74, 6) is 0.417. The van der Waals surface area contributed by atoms with Gasteiger partial charge in [-0.15, -0.1) is 0 Å². The van der Waals surface area contributed by atoms with E-state index in [1.165, 1.54) is 57.8 Å². The summed E-state index contributed by atoms with van der Waals surface area (Å²) in [5, 5.41) is 0. The molecule has 0 bridgehead atoms. The Morgan fingerprint density at radius 2 is 1.68 bits per heavy atom. The van der Waals surface area contributed by atoms with Crippen molar-refractivity contribution in [3.05, 3.63) is 0 Å². The van der Waals surface area contributed by atoms with Crippen molar-refractivity contribution in [3.63, 3.8) is 0 Å². The Kier molecular flexibility index (Phi) is 8.94. The van der Waals surface area contributed by atoms with Gasteiger partial charge in [0.2, 0.25) is 5.91 Å². The molecule has 1 aliphatic rings. The van der Waals surface area contributed by atoms with Gasteiger partial charge in [0, 0.05) is 19.0 Å². The van der Waals surface area contributed by atoms with Crippen molar-refractivity contribution in [2.75, 3.05) is 6.54 Å². The van der Waals surface area contributed by atoms with Crippen molar-refractivity contribution in [2.24, 2.45) is 0 Å². The summed E-state index contributed by atoms with van der Waals surface area (Å²) in [6, 6.07) is 0.533. The lowest BCUT2D eigenvalue weighted by Crippen LogP contribution is -2.43. The third-order valence-electron chi connectivity index (χ3n) is 4.41. The lowest BCUT2D eigenvalue weighted by molar-refractivity contribution is -0.135. The van der Waals surface area contributed by atoms with Crippen LogP contribution >= 0.6 is 0 Å². The van der Waals surface area contributed by atoms with Crippen LogP contribution in [0.25, 0.3) is 0 Å². The maximum atomic E-state index is 12.2. The van der Waals surface area contributed by atoms with Gasteiger partial charge >= 0.3 is 0 Å². The first-order valence-electron chi connectivity index (χ1n) is 8.59. The summed E-state index contributed by atoms with van der Waals surface area (Å²) in [6.45, 7) is 5.47. The molecule has 1 rings (SSSR count). The van der Waals surface area contributed by atoms with E-state index in [0.29, 0.717) is 11.9 Å². The SMILES string of the molecule is CCCCCCCCCC(=O)N1CCCCC1CC. The molecule has 0 spiro atoms. The first-order chi connectivity index (χ1) is 9.29. The molecule has 0 N–H and O–H groups in total. The van der Waals surface area contributed by atoms with Gasteiger partial charge in [-0.3, -0.25) is 4.79 Å². The molecule has 1 atom stereocenters. The van der Waals surface area contributed by atoms with Crippen LogP contribution in [0.4, 0.5) is 0 Å². The number of nitrogens with zero attached hydrogens (tertiary/aromatic N) is 1. The zero-order valence-electron chi connectivity index (χ0n) is 13.1. The van der Waals surface area contributed by atoms with Gasteiger partial charge in [0.25, 0.3) is 0 Å². The van der Waals surface area contributed by atoms with E-state index in [2.05, 4.69) is 18.7 Å². The fourth-order valence-electron chi connectivity index (χ4n) is 3.13. The molecule has 1 unspecified atom stereocenters. The first kappa shape index (κ1) is 16.5. The highest BCUT2D eigenvalue weighted by Gasteiger charge is 2.24. The molecule has 1 amide bonds. The van der Waals surface area contributed by atoms with Crippen LogP contribution < -0.4 is 0 Å². The second-order valence-electron chi connectivity index (χ2n) is 6.02. The molecule has 112 valence electrons. The lowest BCUT2D eigenvalue weighted by Gasteiger charge is -2.35. The molecule has 19 heavy (non-hydrogen) atoms. The van der Waals surface area contributed by atoms with Crippen molar-refractivity contribution in [1.29, 1.82) is 0 Å². The van der Waals surface area contributed by atoms with Gasteiger partial charge in [0.1, 0.15) is 0 Å². The monoisotopic (exact) mass is 267 g/mol. The van der Waals surface area contributed by atoms with E-state index >= 15 is 0 Å². The Balaban J connectivity index is 2.09. The van der Waals surface area contributed by atoms with E-state index < -0.39 is 0 Å². The number of carbonyl (C=O) groups is 1. The summed E-state index contributed by atoms with van der Waals surface area (Å²) < 4.78 is 0. The lowest BCUT2D eigenvalue weighted by atomic mass is 9.99. The summed E-state index contributed by atoms with van der Waals surface area (Å²) in [5.41, 5.74) is 0. The second kappa shape index (κ2) is 10.3. The Morgan fingerprint density at radius 1 is 1.00 bits per heavy atom. The van der Waals surface area contributed by atoms with Crippen LogP contribution in [0.3, 0.4) is 0 Å². The minimum absolute atomic E-state index is 0.417. The normalized spacial score (nSPS) is 19.7. The van der Waals surface area contributed by atoms with Crippen LogP contribution in [0.15, 0.2) is 0 Å². The Bertz CT molecular complexity index is 239. The summed E-state index contributed by atoms with van der Waals surface area (Å²) in [4.78, 5) is 14.4. The van der Waals surface area contributed by atoms with Crippen molar-refractivity contribution in [2.45, 2.75) is 96.9 Å². The van der Waals surface area contributed by atoms with Gasteiger partial charge in [0.15, 0.2) is 0 Å². The molecule has 2 heteroatoms. The van der Waals surface area contributed by atoms with E-state index in [-0.39, 0.29) is 0 Å². The van der Waals surface area contributed by atoms with Crippen molar-refractivity contribution in [1.82, 2.24) is 4.90 Å². The maximum absolute atomic E-state index is 12.2. The molecule has 0 saturated carbocycles. The number of hydrogen-bond acceptors (Lipinski definition) is 1. The number of hydrogen-bond donors (Lipinski definition) is 0. The van der Waals surface area contributed by atoms with Gasteiger partial charge in [-0.05, 0) is 32.1 Å². The highest BCUT2D eigenvalue weighted by molar-refractivity contribution is 5.76. The zero-order chi connectivity index (χ0) is 13.9. The molecule has 2 nitrogen and oxygen atoms in total. The van der Waals surface area contributed by atoms with E-state index in [9.17, 15) is 4.79 Å². The highest BCUT2D eigenvalue weighted by Crippen LogP contribution is 2.21. The molecule has 0 aliphatic carbocycles. The van der Waals surface area contributed by atoms with Crippen molar-refractivity contribution >= 4 is 5.91 Å². The van der Waals surface area contributed by atoms with E-state index in [1.54, 1.807) is 0 Å². The molecule has 0 aromatic carbocycles. The van der Waals surface area contributed by atoms with Crippen molar-refractivity contribution < 1.29 is 4.79 Å². The van der Waals surface area contributed by atoms with Crippen LogP contribution in [-0.2, 0) is 4.79 Å². The molecule has 0 aromatic heterocycles. The van der Waals surface area contributed by atoms with Crippen LogP contribution in [0.5, 0.6) is 0 Å². The Morgan fingerprint density at radius 3 is 2.37 bits per heavy atom. The molecule has 1 heterocycles. The zero-order valence-corrected chi connectivity index (χ0v) is 13.1. The molecular weight excluding hydrogens is 234 g/mol. The van der Waals surface area contributed by atoms with E-state index in [0.717, 1.165) is 25.8 Å². The van der Waals surface area contributed by atoms with E-state index in [4.69, 9.17) is 0 Å². The second-order valence-corrected chi connectivity index (χ2v) is 6.02. The van der Waals surface area contributed by atoms with Gasteiger partial charge < -0.3 is 4.90 Å². The number of unbranched alkanes of at least 4 members (excludes halogenated alkanes) is 6. The smallest absolute Gasteiger partial charge is 0.222 e. The van der Waals surface area contributed by atoms with Crippen LogP contribution in [0, 0.1) is 0 Å². The highest BCUT2D eigenvalue weighted by atomic mass is 16.2. The Labute approximate surface area is 119 Å². The van der Waals surface area contributed by atoms with Crippen LogP contribution in [-0.4, -0.2) is 23.4 Å². The summed E-state index contributed by atoms with van der Waals surface area (Å²) in [6.07, 6.45) is 14.7. The number of likely N-dealkylation sites (tertiary alicyclic amines) is 1. The van der Waals surface area contributed by atoms with Gasteiger partial charge in [-0.1, -0.05) is 52.4 Å². The number of piperidine rings is 1. The summed E-state index contributed by atoms with van der Waals surface area (Å²) >= 11 is 0. The minimum Gasteiger partial charge on any atom is -0.340 e. The molecule has 1 fully saturated rings. The van der Waals surface area contributed by atoms with Crippen LogP contribution in [0.2, 0.25) is 0 Å². The third kappa shape index (κ3) is 6.44. The molecule has 0 radical (unpaired) electrons. The van der Waals surface area contributed by atoms with Gasteiger partial charge in [0.05, 0.1) is 0 Å². The maximum Gasteiger partial charge on any atom is 0.222 e. The average Bonchev–Trinajstić information content (AvgIpc) is 2.46. The largest absolute Gasteiger partial charge is 0.340 e. The van der Waals surface area contributed by atoms with E-state index in [1.807, 2.05) is 0 Å². The fraction of sp³-hybridized carbons (Fsp3) is 0.941. The Hall–Kier alpha value is -0.530. The molecule has 0 aromatic rings. The molecule has 1 aliphatic heterocycles. The third-order valence-corrected chi connectivity index (χ3v) is 4.41. The fourth-order valence-corrected chi connectivity index (χ4v) is 3.13. The quantitative estimate of drug-likeness (QED) is 0.543. The summed E-state index contributed by atoms with van der Waals surface area (Å²) in [7, 11) is 0. The molecular formula is C17H33NO. The number of rotatable bonds is 9. The minimum atomic E-state index is 0.417. The first-order valence-corrected chi connectivity index (χ1v) is 8.59. The van der Waals surface area contributed by atoms with Crippen LogP contribution in [0.1, 0.15) is 90.9 Å². The standard InChI is InChI=1S/C17H33NO/c1-3-5-6-7-8-9-10-14-17(19)18-15-12-11-13-16(18)4-2/h16H,3-15H2,1-2H3. The number of carbonyl (C=O) groups excluding carboxylic acids is 1. The topological polar surface area (TPSA) is 20.3 Å². The predicted octanol–water partition coefficient (Wildman–Crippen LogP) is 4.92. The predicted molar refractivity (Wildman–Crippen MR) is 82.3 cm³/mol. The van der Waals surface area contributed by atoms with Crippen molar-refractivity contribution in [3.8, 4) is 0 Å². The van der Waals surface area contributed by atoms with Gasteiger partial charge in [-0.2, -0.15) is 0 Å². The average molecular weight is 267 g/mol. The molecule has 1 saturated heterocycles. The van der Waals surface area contributed by atoms with Gasteiger partial charge in [-0.25, -0.2) is 0 Å².